The third-order valence-corrected chi connectivity index (χ3v) is 3.77. The van der Waals surface area contributed by atoms with Gasteiger partial charge in [0.1, 0.15) is 0 Å². The number of rotatable bonds is 4. The monoisotopic (exact) mass is 257 g/mol. The van der Waals surface area contributed by atoms with Gasteiger partial charge in [0.15, 0.2) is 0 Å². The van der Waals surface area contributed by atoms with Crippen LogP contribution in [0.4, 0.5) is 5.69 Å². The van der Waals surface area contributed by atoms with Gasteiger partial charge in [0.2, 0.25) is 0 Å². The lowest BCUT2D eigenvalue weighted by Crippen LogP contribution is -2.02. The third kappa shape index (κ3) is 2.88. The van der Waals surface area contributed by atoms with E-state index < -0.39 is 0 Å². The van der Waals surface area contributed by atoms with Crippen molar-refractivity contribution in [1.29, 1.82) is 5.26 Å². The Morgan fingerprint density at radius 1 is 1.44 bits per heavy atom. The van der Waals surface area contributed by atoms with Gasteiger partial charge in [-0.15, -0.1) is 11.3 Å². The second-order valence-corrected chi connectivity index (χ2v) is 5.02. The zero-order valence-corrected chi connectivity index (χ0v) is 11.3. The van der Waals surface area contributed by atoms with Crippen molar-refractivity contribution >= 4 is 17.0 Å². The fraction of sp³-hybridized carbons (Fsp3) is 0.286. The summed E-state index contributed by atoms with van der Waals surface area (Å²) >= 11 is 1.69. The van der Waals surface area contributed by atoms with Crippen molar-refractivity contribution in [2.45, 2.75) is 26.8 Å². The normalized spacial score (nSPS) is 10.1. The molecule has 0 saturated carbocycles. The molecule has 0 aliphatic heterocycles. The van der Waals surface area contributed by atoms with Crippen LogP contribution in [-0.2, 0) is 13.0 Å². The van der Waals surface area contributed by atoms with E-state index in [1.165, 1.54) is 0 Å². The average Bonchev–Trinajstić information content (AvgIpc) is 2.86. The van der Waals surface area contributed by atoms with Gasteiger partial charge in [-0.1, -0.05) is 13.0 Å². The highest BCUT2D eigenvalue weighted by atomic mass is 32.1. The molecule has 0 spiro atoms. The van der Waals surface area contributed by atoms with Crippen molar-refractivity contribution in [3.8, 4) is 6.07 Å². The lowest BCUT2D eigenvalue weighted by molar-refractivity contribution is 1.01. The molecule has 0 bridgehead atoms. The highest BCUT2D eigenvalue weighted by molar-refractivity contribution is 7.09. The highest BCUT2D eigenvalue weighted by Gasteiger charge is 2.03. The molecule has 0 atom stereocenters. The molecule has 0 fully saturated rings. The first-order valence-electron chi connectivity index (χ1n) is 5.91. The lowest BCUT2D eigenvalue weighted by Gasteiger charge is -2.08. The summed E-state index contributed by atoms with van der Waals surface area (Å²) in [5, 5.41) is 15.5. The maximum atomic E-state index is 8.88. The smallest absolute Gasteiger partial charge is 0.0992 e. The van der Waals surface area contributed by atoms with Crippen molar-refractivity contribution in [1.82, 2.24) is 4.98 Å². The Labute approximate surface area is 111 Å². The van der Waals surface area contributed by atoms with E-state index in [4.69, 9.17) is 5.26 Å². The first-order chi connectivity index (χ1) is 8.72. The minimum absolute atomic E-state index is 0.677. The van der Waals surface area contributed by atoms with E-state index in [2.05, 4.69) is 28.7 Å². The highest BCUT2D eigenvalue weighted by Crippen LogP contribution is 2.18. The molecule has 2 aromatic rings. The molecule has 0 aliphatic carbocycles. The molecule has 1 aromatic heterocycles. The number of thiazole rings is 1. The Morgan fingerprint density at radius 3 is 2.94 bits per heavy atom. The first kappa shape index (κ1) is 12.6. The van der Waals surface area contributed by atoms with Crippen LogP contribution in [0.3, 0.4) is 0 Å². The van der Waals surface area contributed by atoms with Gasteiger partial charge in [0.25, 0.3) is 0 Å². The molecule has 0 aliphatic rings. The minimum atomic E-state index is 0.677. The van der Waals surface area contributed by atoms with Crippen molar-refractivity contribution in [2.75, 3.05) is 5.32 Å². The summed E-state index contributed by atoms with van der Waals surface area (Å²) in [6.07, 6.45) is 0.980. The van der Waals surface area contributed by atoms with E-state index >= 15 is 0 Å². The zero-order valence-electron chi connectivity index (χ0n) is 10.5. The van der Waals surface area contributed by atoms with Crippen LogP contribution in [0, 0.1) is 18.3 Å². The summed E-state index contributed by atoms with van der Waals surface area (Å²) in [7, 11) is 0. The summed E-state index contributed by atoms with van der Waals surface area (Å²) in [4.78, 5) is 4.51. The second kappa shape index (κ2) is 5.65. The van der Waals surface area contributed by atoms with Gasteiger partial charge in [-0.25, -0.2) is 4.98 Å². The van der Waals surface area contributed by atoms with Crippen LogP contribution < -0.4 is 5.32 Å². The van der Waals surface area contributed by atoms with Crippen LogP contribution in [0.5, 0.6) is 0 Å². The fourth-order valence-corrected chi connectivity index (χ4v) is 2.41. The number of aromatic nitrogens is 1. The van der Waals surface area contributed by atoms with Gasteiger partial charge in [-0.05, 0) is 31.0 Å². The molecule has 2 rings (SSSR count). The van der Waals surface area contributed by atoms with Crippen molar-refractivity contribution < 1.29 is 0 Å². The predicted octanol–water partition coefficient (Wildman–Crippen LogP) is 3.50. The number of anilines is 1. The maximum absolute atomic E-state index is 8.88. The average molecular weight is 257 g/mol. The summed E-state index contributed by atoms with van der Waals surface area (Å²) < 4.78 is 0. The molecule has 0 radical (unpaired) electrons. The van der Waals surface area contributed by atoms with E-state index in [9.17, 15) is 0 Å². The number of aryl methyl sites for hydroxylation is 2. The second-order valence-electron chi connectivity index (χ2n) is 4.08. The summed E-state index contributed by atoms with van der Waals surface area (Å²) in [6, 6.07) is 7.82. The number of hydrogen-bond donors (Lipinski definition) is 1. The van der Waals surface area contributed by atoms with Gasteiger partial charge in [0, 0.05) is 11.1 Å². The quantitative estimate of drug-likeness (QED) is 0.912. The number of benzene rings is 1. The summed E-state index contributed by atoms with van der Waals surface area (Å²) in [5.74, 6) is 0. The van der Waals surface area contributed by atoms with E-state index in [1.54, 1.807) is 11.3 Å². The van der Waals surface area contributed by atoms with Crippen molar-refractivity contribution in [3.05, 3.63) is 45.4 Å². The third-order valence-electron chi connectivity index (χ3n) is 2.73. The molecule has 92 valence electrons. The molecule has 1 heterocycles. The number of nitriles is 1. The molecule has 18 heavy (non-hydrogen) atoms. The molecule has 0 unspecified atom stereocenters. The van der Waals surface area contributed by atoms with E-state index in [-0.39, 0.29) is 0 Å². The molecule has 1 aromatic carbocycles. The van der Waals surface area contributed by atoms with Crippen LogP contribution in [0.25, 0.3) is 0 Å². The van der Waals surface area contributed by atoms with Gasteiger partial charge >= 0.3 is 0 Å². The summed E-state index contributed by atoms with van der Waals surface area (Å²) in [5.41, 5.74) is 3.87. The van der Waals surface area contributed by atoms with E-state index in [0.29, 0.717) is 12.1 Å². The largest absolute Gasteiger partial charge is 0.379 e. The Kier molecular flexibility index (Phi) is 3.96. The number of nitrogens with one attached hydrogen (secondary N) is 1. The van der Waals surface area contributed by atoms with E-state index in [1.807, 2.05) is 25.1 Å². The first-order valence-corrected chi connectivity index (χ1v) is 6.78. The lowest BCUT2D eigenvalue weighted by atomic mass is 10.1. The molecule has 4 heteroatoms. The van der Waals surface area contributed by atoms with Gasteiger partial charge in [-0.3, -0.25) is 0 Å². The minimum Gasteiger partial charge on any atom is -0.379 e. The van der Waals surface area contributed by atoms with Crippen LogP contribution >= 0.6 is 11.3 Å². The van der Waals surface area contributed by atoms with Crippen LogP contribution in [-0.4, -0.2) is 4.98 Å². The SMILES string of the molecule is CCc1nc(CNc2cc(C#N)ccc2C)cs1. The number of nitrogens with zero attached hydrogens (tertiary/aromatic N) is 2. The standard InChI is InChI=1S/C14H15N3S/c1-3-14-17-12(9-18-14)8-16-13-6-11(7-15)5-4-10(13)2/h4-6,9,16H,3,8H2,1-2H3. The molecule has 1 N–H and O–H groups in total. The fourth-order valence-electron chi connectivity index (χ4n) is 1.66. The van der Waals surface area contributed by atoms with Crippen molar-refractivity contribution in [3.63, 3.8) is 0 Å². The molecule has 0 saturated heterocycles. The van der Waals surface area contributed by atoms with Crippen LogP contribution in [0.2, 0.25) is 0 Å². The van der Waals surface area contributed by atoms with Crippen LogP contribution in [0.15, 0.2) is 23.6 Å². The molecular formula is C14H15N3S. The predicted molar refractivity (Wildman–Crippen MR) is 74.7 cm³/mol. The van der Waals surface area contributed by atoms with Gasteiger partial charge < -0.3 is 5.32 Å². The van der Waals surface area contributed by atoms with Crippen LogP contribution in [0.1, 0.15) is 28.8 Å². The summed E-state index contributed by atoms with van der Waals surface area (Å²) in [6.45, 7) is 4.84. The Balaban J connectivity index is 2.08. The molecule has 0 amide bonds. The van der Waals surface area contributed by atoms with Gasteiger partial charge in [-0.2, -0.15) is 5.26 Å². The van der Waals surface area contributed by atoms with Gasteiger partial charge in [0.05, 0.1) is 28.9 Å². The topological polar surface area (TPSA) is 48.7 Å². The maximum Gasteiger partial charge on any atom is 0.0992 e. The zero-order chi connectivity index (χ0) is 13.0. The number of hydrogen-bond acceptors (Lipinski definition) is 4. The Hall–Kier alpha value is -1.86. The molecule has 3 nitrogen and oxygen atoms in total. The Bertz CT molecular complexity index is 581. The Morgan fingerprint density at radius 2 is 2.28 bits per heavy atom. The molecular weight excluding hydrogens is 242 g/mol. The van der Waals surface area contributed by atoms with Crippen molar-refractivity contribution in [2.24, 2.45) is 0 Å². The van der Waals surface area contributed by atoms with E-state index in [0.717, 1.165) is 28.4 Å².